The Kier molecular flexibility index (Phi) is 5.58. The summed E-state index contributed by atoms with van der Waals surface area (Å²) >= 11 is 6.11. The molecule has 2 heterocycles. The van der Waals surface area contributed by atoms with Crippen LogP contribution in [0.15, 0.2) is 18.2 Å². The molecule has 7 heteroatoms. The maximum Gasteiger partial charge on any atom is 0.256 e. The summed E-state index contributed by atoms with van der Waals surface area (Å²) in [7, 11) is 0. The van der Waals surface area contributed by atoms with Crippen LogP contribution in [0.2, 0.25) is 5.02 Å². The lowest BCUT2D eigenvalue weighted by Crippen LogP contribution is -2.35. The minimum atomic E-state index is -0.376. The average Bonchev–Trinajstić information content (AvgIpc) is 3.43. The van der Waals surface area contributed by atoms with Gasteiger partial charge in [0.05, 0.1) is 17.2 Å². The fourth-order valence-electron chi connectivity index (χ4n) is 4.60. The summed E-state index contributed by atoms with van der Waals surface area (Å²) in [6, 6.07) is 5.24. The number of nitrogens with zero attached hydrogens (tertiary/aromatic N) is 2. The van der Waals surface area contributed by atoms with E-state index in [-0.39, 0.29) is 36.1 Å². The fourth-order valence-corrected chi connectivity index (χ4v) is 4.78. The van der Waals surface area contributed by atoms with Gasteiger partial charge in [-0.15, -0.1) is 0 Å². The number of hydrogen-bond donors (Lipinski definition) is 1. The topological polar surface area (TPSA) is 69.7 Å². The first-order valence-corrected chi connectivity index (χ1v) is 10.6. The molecule has 3 fully saturated rings. The van der Waals surface area contributed by atoms with Crippen molar-refractivity contribution in [2.45, 2.75) is 51.0 Å². The molecular weight excluding hydrogens is 378 g/mol. The Morgan fingerprint density at radius 3 is 2.50 bits per heavy atom. The van der Waals surface area contributed by atoms with Gasteiger partial charge in [0.2, 0.25) is 11.8 Å². The first kappa shape index (κ1) is 19.2. The van der Waals surface area contributed by atoms with Crippen LogP contribution in [0.25, 0.3) is 0 Å². The lowest BCUT2D eigenvalue weighted by atomic mass is 10.1. The van der Waals surface area contributed by atoms with Crippen LogP contribution in [-0.2, 0) is 9.59 Å². The van der Waals surface area contributed by atoms with Gasteiger partial charge in [-0.25, -0.2) is 0 Å². The second kappa shape index (κ2) is 8.11. The minimum absolute atomic E-state index is 0.0662. The molecule has 1 N–H and O–H groups in total. The smallest absolute Gasteiger partial charge is 0.256 e. The molecule has 1 saturated carbocycles. The first-order chi connectivity index (χ1) is 13.5. The molecule has 1 aliphatic carbocycles. The van der Waals surface area contributed by atoms with E-state index in [4.69, 9.17) is 11.6 Å². The number of hydrogen-bond acceptors (Lipinski definition) is 3. The highest BCUT2D eigenvalue weighted by atomic mass is 35.5. The highest BCUT2D eigenvalue weighted by Gasteiger charge is 2.39. The maximum atomic E-state index is 12.9. The molecule has 0 bridgehead atoms. The molecule has 0 aromatic heterocycles. The van der Waals surface area contributed by atoms with Crippen molar-refractivity contribution < 1.29 is 14.4 Å². The molecule has 28 heavy (non-hydrogen) atoms. The Labute approximate surface area is 170 Å². The Morgan fingerprint density at radius 2 is 1.79 bits per heavy atom. The number of nitrogens with one attached hydrogen (secondary N) is 1. The molecular formula is C21H26ClN3O3. The molecule has 1 aromatic rings. The average molecular weight is 404 g/mol. The number of carbonyl (C=O) groups excluding carboxylic acids is 3. The van der Waals surface area contributed by atoms with Gasteiger partial charge in [-0.05, 0) is 43.9 Å². The Balaban J connectivity index is 1.47. The molecule has 1 aromatic carbocycles. The predicted octanol–water partition coefficient (Wildman–Crippen LogP) is 3.31. The summed E-state index contributed by atoms with van der Waals surface area (Å²) in [5, 5.41) is 3.35. The van der Waals surface area contributed by atoms with Crippen molar-refractivity contribution in [3.8, 4) is 0 Å². The van der Waals surface area contributed by atoms with Crippen molar-refractivity contribution in [2.24, 2.45) is 5.92 Å². The van der Waals surface area contributed by atoms with Crippen molar-refractivity contribution in [3.63, 3.8) is 0 Å². The van der Waals surface area contributed by atoms with Gasteiger partial charge in [0, 0.05) is 37.1 Å². The van der Waals surface area contributed by atoms with Gasteiger partial charge >= 0.3 is 0 Å². The van der Waals surface area contributed by atoms with E-state index in [9.17, 15) is 14.4 Å². The summed E-state index contributed by atoms with van der Waals surface area (Å²) in [5.41, 5.74) is 0.887. The largest absolute Gasteiger partial charge is 0.339 e. The van der Waals surface area contributed by atoms with Crippen molar-refractivity contribution in [2.75, 3.05) is 25.0 Å². The van der Waals surface area contributed by atoms with E-state index in [1.807, 2.05) is 4.90 Å². The maximum absolute atomic E-state index is 12.9. The van der Waals surface area contributed by atoms with Crippen LogP contribution in [0.1, 0.15) is 55.3 Å². The second-order valence-corrected chi connectivity index (χ2v) is 8.50. The fraction of sp³-hybridized carbons (Fsp3) is 0.571. The van der Waals surface area contributed by atoms with Gasteiger partial charge in [-0.3, -0.25) is 14.4 Å². The third-order valence-electron chi connectivity index (χ3n) is 6.16. The van der Waals surface area contributed by atoms with E-state index < -0.39 is 0 Å². The molecule has 2 aliphatic heterocycles. The zero-order chi connectivity index (χ0) is 19.7. The second-order valence-electron chi connectivity index (χ2n) is 8.06. The van der Waals surface area contributed by atoms with Crippen LogP contribution >= 0.6 is 11.6 Å². The van der Waals surface area contributed by atoms with Gasteiger partial charge in [-0.2, -0.15) is 0 Å². The van der Waals surface area contributed by atoms with Crippen molar-refractivity contribution in [1.82, 2.24) is 9.80 Å². The Hall–Kier alpha value is -2.08. The van der Waals surface area contributed by atoms with Crippen LogP contribution < -0.4 is 5.32 Å². The number of rotatable bonds is 4. The summed E-state index contributed by atoms with van der Waals surface area (Å²) in [6.45, 7) is 1.93. The minimum Gasteiger partial charge on any atom is -0.339 e. The molecule has 4 rings (SSSR count). The van der Waals surface area contributed by atoms with Crippen molar-refractivity contribution >= 4 is 35.0 Å². The number of benzene rings is 1. The summed E-state index contributed by atoms with van der Waals surface area (Å²) in [5.74, 6) is -0.618. The molecule has 6 nitrogen and oxygen atoms in total. The lowest BCUT2D eigenvalue weighted by molar-refractivity contribution is -0.129. The van der Waals surface area contributed by atoms with Gasteiger partial charge < -0.3 is 15.1 Å². The molecule has 150 valence electrons. The summed E-state index contributed by atoms with van der Waals surface area (Å²) < 4.78 is 0. The van der Waals surface area contributed by atoms with E-state index in [1.54, 1.807) is 23.1 Å². The van der Waals surface area contributed by atoms with Crippen LogP contribution in [-0.4, -0.2) is 53.2 Å². The number of carbonyl (C=O) groups is 3. The highest BCUT2D eigenvalue weighted by Crippen LogP contribution is 2.31. The van der Waals surface area contributed by atoms with E-state index in [0.717, 1.165) is 51.6 Å². The molecule has 1 atom stereocenters. The summed E-state index contributed by atoms with van der Waals surface area (Å²) in [6.07, 6.45) is 6.60. The number of halogens is 1. The SMILES string of the molecule is O=C(Nc1ccc(Cl)cc1C(=O)N1CCCC1)C1CC(=O)N(C2CCCC2)C1. The van der Waals surface area contributed by atoms with E-state index >= 15 is 0 Å². The van der Waals surface area contributed by atoms with E-state index in [2.05, 4.69) is 5.32 Å². The third-order valence-corrected chi connectivity index (χ3v) is 6.39. The van der Waals surface area contributed by atoms with Gasteiger partial charge in [0.25, 0.3) is 5.91 Å². The predicted molar refractivity (Wildman–Crippen MR) is 107 cm³/mol. The van der Waals surface area contributed by atoms with E-state index in [1.165, 1.54) is 0 Å². The first-order valence-electron chi connectivity index (χ1n) is 10.2. The molecule has 0 radical (unpaired) electrons. The zero-order valence-electron chi connectivity index (χ0n) is 16.0. The van der Waals surface area contributed by atoms with Crippen LogP contribution in [0, 0.1) is 5.92 Å². The van der Waals surface area contributed by atoms with Gasteiger partial charge in [0.15, 0.2) is 0 Å². The highest BCUT2D eigenvalue weighted by molar-refractivity contribution is 6.31. The molecule has 3 amide bonds. The normalized spacial score (nSPS) is 22.9. The van der Waals surface area contributed by atoms with Gasteiger partial charge in [0.1, 0.15) is 0 Å². The molecule has 1 unspecified atom stereocenters. The molecule has 0 spiro atoms. The Morgan fingerprint density at radius 1 is 1.07 bits per heavy atom. The third kappa shape index (κ3) is 3.88. The van der Waals surface area contributed by atoms with Gasteiger partial charge in [-0.1, -0.05) is 24.4 Å². The number of anilines is 1. The summed E-state index contributed by atoms with van der Waals surface area (Å²) in [4.78, 5) is 41.8. The van der Waals surface area contributed by atoms with Crippen LogP contribution in [0.4, 0.5) is 5.69 Å². The Bertz CT molecular complexity index is 785. The van der Waals surface area contributed by atoms with Crippen LogP contribution in [0.5, 0.6) is 0 Å². The quantitative estimate of drug-likeness (QED) is 0.838. The standard InChI is InChI=1S/C21H26ClN3O3/c22-15-7-8-18(17(12-15)21(28)24-9-3-4-10-24)23-20(27)14-11-19(26)25(13-14)16-5-1-2-6-16/h7-8,12,14,16H,1-6,9-11,13H2,(H,23,27). The number of likely N-dealkylation sites (tertiary alicyclic amines) is 2. The lowest BCUT2D eigenvalue weighted by Gasteiger charge is -2.24. The molecule has 2 saturated heterocycles. The van der Waals surface area contributed by atoms with Crippen LogP contribution in [0.3, 0.4) is 0 Å². The molecule has 3 aliphatic rings. The van der Waals surface area contributed by atoms with Crippen molar-refractivity contribution in [3.05, 3.63) is 28.8 Å². The number of amides is 3. The zero-order valence-corrected chi connectivity index (χ0v) is 16.7. The van der Waals surface area contributed by atoms with E-state index in [0.29, 0.717) is 22.8 Å². The van der Waals surface area contributed by atoms with Crippen molar-refractivity contribution in [1.29, 1.82) is 0 Å². The monoisotopic (exact) mass is 403 g/mol.